The average molecular weight is 395 g/mol. The Bertz CT molecular complexity index is 1120. The van der Waals surface area contributed by atoms with Crippen LogP contribution in [0.15, 0.2) is 59.4 Å². The Labute approximate surface area is 165 Å². The average Bonchev–Trinajstić information content (AvgIpc) is 2.70. The number of halogens is 1. The zero-order chi connectivity index (χ0) is 21.0. The first-order valence-electron chi connectivity index (χ1n) is 8.70. The van der Waals surface area contributed by atoms with Crippen LogP contribution >= 0.6 is 0 Å². The maximum absolute atomic E-state index is 14.3. The molecular weight excluding hydrogens is 377 g/mol. The summed E-state index contributed by atoms with van der Waals surface area (Å²) in [7, 11) is 1.43. The van der Waals surface area contributed by atoms with Gasteiger partial charge < -0.3 is 10.1 Å². The largest absolute Gasteiger partial charge is 0.497 e. The van der Waals surface area contributed by atoms with E-state index in [-0.39, 0.29) is 23.6 Å². The van der Waals surface area contributed by atoms with E-state index in [4.69, 9.17) is 4.74 Å². The Balaban J connectivity index is 1.78. The molecule has 148 valence electrons. The molecule has 2 aromatic carbocycles. The minimum absolute atomic E-state index is 0.0822. The number of nitrogens with one attached hydrogen (secondary N) is 1. The number of Topliss-reactive ketones (excluding diaryl/α,β-unsaturated/α-hetero) is 1. The summed E-state index contributed by atoms with van der Waals surface area (Å²) in [6.07, 6.45) is 0. The summed E-state index contributed by atoms with van der Waals surface area (Å²) < 4.78 is 20.2. The van der Waals surface area contributed by atoms with Crippen molar-refractivity contribution < 1.29 is 18.7 Å². The van der Waals surface area contributed by atoms with Gasteiger partial charge in [0.05, 0.1) is 12.8 Å². The number of benzene rings is 2. The fraction of sp³-hybridized carbons (Fsp3) is 0.143. The van der Waals surface area contributed by atoms with Gasteiger partial charge in [0.15, 0.2) is 5.78 Å². The van der Waals surface area contributed by atoms with Gasteiger partial charge in [0.2, 0.25) is 5.91 Å². The molecule has 0 saturated heterocycles. The Morgan fingerprint density at radius 2 is 1.83 bits per heavy atom. The highest BCUT2D eigenvalue weighted by Crippen LogP contribution is 2.24. The normalized spacial score (nSPS) is 10.4. The van der Waals surface area contributed by atoms with Gasteiger partial charge in [-0.25, -0.2) is 9.07 Å². The SMILES string of the molecule is COc1ccc(-c2ccc(=O)n(CC(=O)Nc3ccc(C(C)=O)cc3)n2)c(F)c1. The van der Waals surface area contributed by atoms with E-state index in [0.717, 1.165) is 4.68 Å². The number of methoxy groups -OCH3 is 1. The van der Waals surface area contributed by atoms with Gasteiger partial charge in [0.25, 0.3) is 5.56 Å². The van der Waals surface area contributed by atoms with E-state index in [1.165, 1.54) is 38.3 Å². The van der Waals surface area contributed by atoms with Gasteiger partial charge in [-0.3, -0.25) is 14.4 Å². The van der Waals surface area contributed by atoms with Crippen LogP contribution in [0.5, 0.6) is 5.75 Å². The summed E-state index contributed by atoms with van der Waals surface area (Å²) in [6.45, 7) is 1.10. The molecule has 0 unspecified atom stereocenters. The first-order valence-corrected chi connectivity index (χ1v) is 8.70. The molecule has 0 aliphatic heterocycles. The molecular formula is C21H18FN3O4. The number of carbonyl (C=O) groups is 2. The molecule has 29 heavy (non-hydrogen) atoms. The third-order valence-electron chi connectivity index (χ3n) is 4.19. The second-order valence-electron chi connectivity index (χ2n) is 6.24. The zero-order valence-corrected chi connectivity index (χ0v) is 15.8. The van der Waals surface area contributed by atoms with Crippen LogP contribution in [0, 0.1) is 5.82 Å². The first-order chi connectivity index (χ1) is 13.9. The Morgan fingerprint density at radius 1 is 1.10 bits per heavy atom. The van der Waals surface area contributed by atoms with Crippen molar-refractivity contribution in [2.24, 2.45) is 0 Å². The van der Waals surface area contributed by atoms with Gasteiger partial charge in [0, 0.05) is 28.9 Å². The molecule has 0 atom stereocenters. The van der Waals surface area contributed by atoms with Crippen molar-refractivity contribution in [2.75, 3.05) is 12.4 Å². The predicted octanol–water partition coefficient (Wildman–Crippen LogP) is 2.90. The zero-order valence-electron chi connectivity index (χ0n) is 15.8. The van der Waals surface area contributed by atoms with Crippen molar-refractivity contribution in [1.82, 2.24) is 9.78 Å². The second kappa shape index (κ2) is 8.47. The summed E-state index contributed by atoms with van der Waals surface area (Å²) in [5.74, 6) is -0.768. The van der Waals surface area contributed by atoms with E-state index in [1.807, 2.05) is 0 Å². The number of rotatable bonds is 6. The quantitative estimate of drug-likeness (QED) is 0.648. The summed E-state index contributed by atoms with van der Waals surface area (Å²) in [6, 6.07) is 13.3. The van der Waals surface area contributed by atoms with Gasteiger partial charge in [-0.1, -0.05) is 0 Å². The van der Waals surface area contributed by atoms with Crippen LogP contribution in [0.1, 0.15) is 17.3 Å². The molecule has 0 aliphatic carbocycles. The van der Waals surface area contributed by atoms with Crippen molar-refractivity contribution in [2.45, 2.75) is 13.5 Å². The fourth-order valence-electron chi connectivity index (χ4n) is 2.66. The van der Waals surface area contributed by atoms with Crippen LogP contribution in [0.2, 0.25) is 0 Å². The standard InChI is InChI=1S/C21H18FN3O4/c1-13(26)14-3-5-15(6-4-14)23-20(27)12-25-21(28)10-9-19(24-25)17-8-7-16(29-2)11-18(17)22/h3-11H,12H2,1-2H3,(H,23,27). The number of ether oxygens (including phenoxy) is 1. The molecule has 1 amide bonds. The minimum atomic E-state index is -0.558. The molecule has 0 radical (unpaired) electrons. The smallest absolute Gasteiger partial charge is 0.267 e. The molecule has 0 saturated carbocycles. The van der Waals surface area contributed by atoms with E-state index in [0.29, 0.717) is 17.0 Å². The topological polar surface area (TPSA) is 90.3 Å². The molecule has 3 rings (SSSR count). The molecule has 1 aromatic heterocycles. The molecule has 3 aromatic rings. The third-order valence-corrected chi connectivity index (χ3v) is 4.19. The minimum Gasteiger partial charge on any atom is -0.497 e. The Hall–Kier alpha value is -3.81. The van der Waals surface area contributed by atoms with Crippen molar-refractivity contribution in [3.05, 3.63) is 76.3 Å². The first kappa shape index (κ1) is 19.9. The van der Waals surface area contributed by atoms with Gasteiger partial charge in [0.1, 0.15) is 18.1 Å². The Morgan fingerprint density at radius 3 is 2.45 bits per heavy atom. The summed E-state index contributed by atoms with van der Waals surface area (Å²) in [5.41, 5.74) is 0.897. The lowest BCUT2D eigenvalue weighted by Gasteiger charge is -2.09. The summed E-state index contributed by atoms with van der Waals surface area (Å²) in [4.78, 5) is 35.6. The molecule has 0 fully saturated rings. The van der Waals surface area contributed by atoms with E-state index in [1.54, 1.807) is 30.3 Å². The summed E-state index contributed by atoms with van der Waals surface area (Å²) >= 11 is 0. The van der Waals surface area contributed by atoms with Crippen molar-refractivity contribution >= 4 is 17.4 Å². The van der Waals surface area contributed by atoms with Crippen LogP contribution in [0.3, 0.4) is 0 Å². The van der Waals surface area contributed by atoms with E-state index < -0.39 is 17.3 Å². The monoisotopic (exact) mass is 395 g/mol. The lowest BCUT2D eigenvalue weighted by molar-refractivity contribution is -0.117. The number of amides is 1. The fourth-order valence-corrected chi connectivity index (χ4v) is 2.66. The maximum Gasteiger partial charge on any atom is 0.267 e. The second-order valence-corrected chi connectivity index (χ2v) is 6.24. The lowest BCUT2D eigenvalue weighted by atomic mass is 10.1. The van der Waals surface area contributed by atoms with Gasteiger partial charge >= 0.3 is 0 Å². The van der Waals surface area contributed by atoms with Gasteiger partial charge in [-0.05, 0) is 49.4 Å². The molecule has 8 heteroatoms. The maximum atomic E-state index is 14.3. The highest BCUT2D eigenvalue weighted by molar-refractivity contribution is 5.95. The predicted molar refractivity (Wildman–Crippen MR) is 106 cm³/mol. The molecule has 0 bridgehead atoms. The highest BCUT2D eigenvalue weighted by Gasteiger charge is 2.12. The Kier molecular flexibility index (Phi) is 5.82. The van der Waals surface area contributed by atoms with Crippen LogP contribution < -0.4 is 15.6 Å². The third kappa shape index (κ3) is 4.73. The number of hydrogen-bond donors (Lipinski definition) is 1. The van der Waals surface area contributed by atoms with Crippen LogP contribution in [-0.4, -0.2) is 28.6 Å². The number of carbonyl (C=O) groups excluding carboxylic acids is 2. The highest BCUT2D eigenvalue weighted by atomic mass is 19.1. The van der Waals surface area contributed by atoms with Gasteiger partial charge in [-0.2, -0.15) is 5.10 Å². The van der Waals surface area contributed by atoms with E-state index in [2.05, 4.69) is 10.4 Å². The van der Waals surface area contributed by atoms with E-state index in [9.17, 15) is 18.8 Å². The van der Waals surface area contributed by atoms with Crippen molar-refractivity contribution in [3.63, 3.8) is 0 Å². The number of aromatic nitrogens is 2. The number of hydrogen-bond acceptors (Lipinski definition) is 5. The molecule has 0 spiro atoms. The van der Waals surface area contributed by atoms with Crippen LogP contribution in [0.4, 0.5) is 10.1 Å². The summed E-state index contributed by atoms with van der Waals surface area (Å²) in [5, 5.41) is 6.72. The number of nitrogens with zero attached hydrogens (tertiary/aromatic N) is 2. The number of ketones is 1. The van der Waals surface area contributed by atoms with Gasteiger partial charge in [-0.15, -0.1) is 0 Å². The van der Waals surface area contributed by atoms with E-state index >= 15 is 0 Å². The van der Waals surface area contributed by atoms with Crippen LogP contribution in [0.25, 0.3) is 11.3 Å². The lowest BCUT2D eigenvalue weighted by Crippen LogP contribution is -2.29. The molecule has 1 N–H and O–H groups in total. The molecule has 0 aliphatic rings. The van der Waals surface area contributed by atoms with Crippen molar-refractivity contribution in [3.8, 4) is 17.0 Å². The number of anilines is 1. The molecule has 7 nitrogen and oxygen atoms in total. The molecule has 1 heterocycles. The van der Waals surface area contributed by atoms with Crippen molar-refractivity contribution in [1.29, 1.82) is 0 Å². The van der Waals surface area contributed by atoms with Crippen LogP contribution in [-0.2, 0) is 11.3 Å².